The summed E-state index contributed by atoms with van der Waals surface area (Å²) >= 11 is 0. The van der Waals surface area contributed by atoms with Gasteiger partial charge in [-0.1, -0.05) is 12.1 Å². The fraction of sp³-hybridized carbons (Fsp3) is 0.542. The maximum absolute atomic E-state index is 12.1. The maximum Gasteiger partial charge on any atom is 0.330 e. The largest absolute Gasteiger partial charge is 0.508 e. The number of epoxide rings is 1. The van der Waals surface area contributed by atoms with E-state index in [1.54, 1.807) is 19.1 Å². The van der Waals surface area contributed by atoms with Crippen LogP contribution in [-0.4, -0.2) is 104 Å². The van der Waals surface area contributed by atoms with Crippen LogP contribution in [0.5, 0.6) is 5.75 Å². The number of carbonyl (C=O) groups is 1. The molecule has 0 radical (unpaired) electrons. The van der Waals surface area contributed by atoms with Gasteiger partial charge in [-0.3, -0.25) is 0 Å². The number of ether oxygens (including phenoxy) is 5. The average Bonchev–Trinajstić information content (AvgIpc) is 3.49. The molecule has 1 aromatic rings. The van der Waals surface area contributed by atoms with Gasteiger partial charge in [0, 0.05) is 6.08 Å². The Labute approximate surface area is 205 Å². The monoisotopic (exact) mass is 508 g/mol. The molecule has 3 aliphatic heterocycles. The summed E-state index contributed by atoms with van der Waals surface area (Å²) in [5.41, 5.74) is -2.00. The minimum absolute atomic E-state index is 0.0812. The van der Waals surface area contributed by atoms with Crippen LogP contribution < -0.4 is 0 Å². The topological polar surface area (TPSA) is 188 Å². The summed E-state index contributed by atoms with van der Waals surface area (Å²) in [6, 6.07) is 6.10. The molecule has 1 saturated carbocycles. The SMILES string of the molecule is CC12OC1C(O)C1(O)C=COC(OC3OC(COC(=O)C=Cc4ccc(O)cc4)C(O)C(O)C3O)C12. The van der Waals surface area contributed by atoms with Crippen molar-refractivity contribution in [1.82, 2.24) is 0 Å². The van der Waals surface area contributed by atoms with E-state index in [2.05, 4.69) is 0 Å². The van der Waals surface area contributed by atoms with Crippen molar-refractivity contribution in [2.75, 3.05) is 6.61 Å². The number of rotatable bonds is 6. The summed E-state index contributed by atoms with van der Waals surface area (Å²) in [6.07, 6.45) is -5.78. The number of esters is 1. The van der Waals surface area contributed by atoms with Gasteiger partial charge in [-0.25, -0.2) is 4.79 Å². The van der Waals surface area contributed by atoms with E-state index in [0.717, 1.165) is 6.08 Å². The minimum Gasteiger partial charge on any atom is -0.508 e. The lowest BCUT2D eigenvalue weighted by molar-refractivity contribution is -0.350. The van der Waals surface area contributed by atoms with Gasteiger partial charge < -0.3 is 54.3 Å². The fourth-order valence-electron chi connectivity index (χ4n) is 5.12. The van der Waals surface area contributed by atoms with Crippen molar-refractivity contribution in [2.45, 2.75) is 67.3 Å². The predicted molar refractivity (Wildman–Crippen MR) is 118 cm³/mol. The van der Waals surface area contributed by atoms with Gasteiger partial charge in [-0.15, -0.1) is 0 Å². The maximum atomic E-state index is 12.1. The summed E-state index contributed by atoms with van der Waals surface area (Å²) in [5.74, 6) is -1.55. The first-order chi connectivity index (χ1) is 17.0. The van der Waals surface area contributed by atoms with E-state index in [4.69, 9.17) is 23.7 Å². The smallest absolute Gasteiger partial charge is 0.330 e. The molecular formula is C24H28O12. The number of hydrogen-bond donors (Lipinski definition) is 6. The molecule has 1 aromatic carbocycles. The van der Waals surface area contributed by atoms with Crippen LogP contribution in [0.1, 0.15) is 12.5 Å². The van der Waals surface area contributed by atoms with Crippen LogP contribution in [0.2, 0.25) is 0 Å². The molecule has 6 N–H and O–H groups in total. The molecule has 196 valence electrons. The fourth-order valence-corrected chi connectivity index (χ4v) is 5.12. The molecule has 12 heteroatoms. The highest BCUT2D eigenvalue weighted by atomic mass is 16.8. The molecule has 36 heavy (non-hydrogen) atoms. The van der Waals surface area contributed by atoms with Crippen molar-refractivity contribution in [3.63, 3.8) is 0 Å². The Morgan fingerprint density at radius 1 is 1.08 bits per heavy atom. The third-order valence-electron chi connectivity index (χ3n) is 7.22. The standard InChI is InChI=1S/C24H28O12/c1-23-18-22(32-9-8-24(18,31)19(30)20(23)36-23)35-21-17(29)16(28)15(27)13(34-21)10-33-14(26)7-4-11-2-5-12(25)6-3-11/h2-9,13,15-22,25,27-31H,10H2,1H3. The van der Waals surface area contributed by atoms with Gasteiger partial charge in [0.2, 0.25) is 6.29 Å². The van der Waals surface area contributed by atoms with Crippen LogP contribution >= 0.6 is 0 Å². The van der Waals surface area contributed by atoms with Crippen molar-refractivity contribution in [1.29, 1.82) is 0 Å². The third kappa shape index (κ3) is 4.19. The Bertz CT molecular complexity index is 1040. The number of aromatic hydroxyl groups is 1. The molecular weight excluding hydrogens is 480 g/mol. The normalized spacial score (nSPS) is 45.1. The molecule has 0 bridgehead atoms. The van der Waals surface area contributed by atoms with Crippen LogP contribution in [0.4, 0.5) is 0 Å². The van der Waals surface area contributed by atoms with Gasteiger partial charge >= 0.3 is 5.97 Å². The highest BCUT2D eigenvalue weighted by Gasteiger charge is 2.79. The molecule has 3 fully saturated rings. The molecule has 2 saturated heterocycles. The molecule has 4 aliphatic rings. The van der Waals surface area contributed by atoms with Crippen molar-refractivity contribution in [2.24, 2.45) is 5.92 Å². The van der Waals surface area contributed by atoms with Gasteiger partial charge in [0.1, 0.15) is 60.2 Å². The molecule has 11 unspecified atom stereocenters. The molecule has 12 nitrogen and oxygen atoms in total. The van der Waals surface area contributed by atoms with E-state index in [9.17, 15) is 35.4 Å². The Kier molecular flexibility index (Phi) is 6.34. The number of hydrogen-bond acceptors (Lipinski definition) is 12. The van der Waals surface area contributed by atoms with E-state index < -0.39 is 78.9 Å². The van der Waals surface area contributed by atoms with Crippen molar-refractivity contribution in [3.05, 3.63) is 48.2 Å². The quantitative estimate of drug-likeness (QED) is 0.149. The zero-order chi connectivity index (χ0) is 25.8. The summed E-state index contributed by atoms with van der Waals surface area (Å²) in [5, 5.41) is 61.9. The Hall–Kier alpha value is -2.55. The Balaban J connectivity index is 1.22. The molecule has 0 aromatic heterocycles. The second kappa shape index (κ2) is 9.08. The van der Waals surface area contributed by atoms with Gasteiger partial charge in [-0.2, -0.15) is 0 Å². The number of carbonyl (C=O) groups excluding carboxylic acids is 1. The first kappa shape index (κ1) is 25.1. The number of aliphatic hydroxyl groups is 5. The molecule has 1 aliphatic carbocycles. The second-order valence-corrected chi connectivity index (χ2v) is 9.55. The lowest BCUT2D eigenvalue weighted by atomic mass is 9.82. The first-order valence-corrected chi connectivity index (χ1v) is 11.4. The van der Waals surface area contributed by atoms with Gasteiger partial charge in [0.05, 0.1) is 12.2 Å². The van der Waals surface area contributed by atoms with E-state index in [-0.39, 0.29) is 5.75 Å². The zero-order valence-corrected chi connectivity index (χ0v) is 19.2. The summed E-state index contributed by atoms with van der Waals surface area (Å²) in [6.45, 7) is 1.22. The van der Waals surface area contributed by atoms with Crippen LogP contribution in [0.3, 0.4) is 0 Å². The minimum atomic E-state index is -1.70. The zero-order valence-electron chi connectivity index (χ0n) is 19.2. The van der Waals surface area contributed by atoms with Crippen molar-refractivity contribution >= 4 is 12.0 Å². The van der Waals surface area contributed by atoms with Crippen molar-refractivity contribution in [3.8, 4) is 5.75 Å². The third-order valence-corrected chi connectivity index (χ3v) is 7.22. The summed E-state index contributed by atoms with van der Waals surface area (Å²) in [4.78, 5) is 12.1. The van der Waals surface area contributed by atoms with Gasteiger partial charge in [0.15, 0.2) is 6.29 Å². The predicted octanol–water partition coefficient (Wildman–Crippen LogP) is -1.48. The number of phenolic OH excluding ortho intramolecular Hbond substituents is 1. The van der Waals surface area contributed by atoms with Crippen LogP contribution in [0.25, 0.3) is 6.08 Å². The van der Waals surface area contributed by atoms with Crippen LogP contribution in [0, 0.1) is 5.92 Å². The number of phenols is 1. The molecule has 5 rings (SSSR count). The Morgan fingerprint density at radius 3 is 2.53 bits per heavy atom. The molecule has 3 heterocycles. The van der Waals surface area contributed by atoms with Gasteiger partial charge in [0.25, 0.3) is 0 Å². The highest BCUT2D eigenvalue weighted by Crippen LogP contribution is 2.61. The first-order valence-electron chi connectivity index (χ1n) is 11.4. The van der Waals surface area contributed by atoms with Crippen LogP contribution in [-0.2, 0) is 28.5 Å². The lowest BCUT2D eigenvalue weighted by Crippen LogP contribution is -2.62. The average molecular weight is 508 g/mol. The van der Waals surface area contributed by atoms with Gasteiger partial charge in [-0.05, 0) is 36.8 Å². The second-order valence-electron chi connectivity index (χ2n) is 9.55. The van der Waals surface area contributed by atoms with Crippen LogP contribution in [0.15, 0.2) is 42.7 Å². The number of aliphatic hydroxyl groups excluding tert-OH is 4. The molecule has 0 amide bonds. The summed E-state index contributed by atoms with van der Waals surface area (Å²) in [7, 11) is 0. The van der Waals surface area contributed by atoms with E-state index in [1.807, 2.05) is 0 Å². The molecule has 11 atom stereocenters. The molecule has 0 spiro atoms. The Morgan fingerprint density at radius 2 is 1.81 bits per heavy atom. The van der Waals surface area contributed by atoms with E-state index >= 15 is 0 Å². The number of fused-ring (bicyclic) bond motifs is 3. The highest BCUT2D eigenvalue weighted by molar-refractivity contribution is 5.87. The van der Waals surface area contributed by atoms with Crippen molar-refractivity contribution < 1.29 is 59.1 Å². The lowest BCUT2D eigenvalue weighted by Gasteiger charge is -2.45. The van der Waals surface area contributed by atoms with E-state index in [1.165, 1.54) is 30.5 Å². The number of benzene rings is 1. The summed E-state index contributed by atoms with van der Waals surface area (Å²) < 4.78 is 27.5. The van der Waals surface area contributed by atoms with E-state index in [0.29, 0.717) is 5.56 Å².